The zero-order chi connectivity index (χ0) is 13.7. The molecule has 1 unspecified atom stereocenters. The molecule has 1 aromatic rings. The number of amides is 2. The Kier molecular flexibility index (Phi) is 4.37. The van der Waals surface area contributed by atoms with Crippen LogP contribution < -0.4 is 10.6 Å². The van der Waals surface area contributed by atoms with Crippen LogP contribution in [0, 0.1) is 11.3 Å². The maximum absolute atomic E-state index is 12.1. The lowest BCUT2D eigenvalue weighted by molar-refractivity contribution is 0.192. The van der Waals surface area contributed by atoms with E-state index >= 15 is 0 Å². The van der Waals surface area contributed by atoms with Crippen LogP contribution in [0.3, 0.4) is 0 Å². The van der Waals surface area contributed by atoms with Gasteiger partial charge in [0.15, 0.2) is 0 Å². The molecule has 0 spiro atoms. The van der Waals surface area contributed by atoms with Gasteiger partial charge in [-0.3, -0.25) is 0 Å². The Morgan fingerprint density at radius 2 is 2.26 bits per heavy atom. The summed E-state index contributed by atoms with van der Waals surface area (Å²) in [5.41, 5.74) is 1.72. The molecule has 1 aliphatic heterocycles. The lowest BCUT2D eigenvalue weighted by atomic mass is 10.1. The minimum atomic E-state index is -0.0682. The van der Waals surface area contributed by atoms with Gasteiger partial charge in [-0.2, -0.15) is 5.26 Å². The number of rotatable bonds is 2. The minimum Gasteiger partial charge on any atom is -0.322 e. The highest BCUT2D eigenvalue weighted by Crippen LogP contribution is 2.11. The normalized spacial score (nSPS) is 18.7. The summed E-state index contributed by atoms with van der Waals surface area (Å²) < 4.78 is 0. The van der Waals surface area contributed by atoms with Gasteiger partial charge in [-0.25, -0.2) is 4.79 Å². The van der Waals surface area contributed by atoms with Crippen molar-refractivity contribution in [3.8, 4) is 6.07 Å². The second-order valence-corrected chi connectivity index (χ2v) is 4.76. The molecule has 19 heavy (non-hydrogen) atoms. The van der Waals surface area contributed by atoms with Gasteiger partial charge in [0.25, 0.3) is 0 Å². The molecular formula is C14H18N4O. The van der Waals surface area contributed by atoms with Crippen molar-refractivity contribution in [1.82, 2.24) is 10.2 Å². The van der Waals surface area contributed by atoms with Crippen LogP contribution in [0.4, 0.5) is 10.5 Å². The first-order chi connectivity index (χ1) is 9.19. The molecule has 0 radical (unpaired) electrons. The number of nitrogens with one attached hydrogen (secondary N) is 2. The highest BCUT2D eigenvalue weighted by Gasteiger charge is 2.20. The number of anilines is 1. The molecule has 2 amide bonds. The van der Waals surface area contributed by atoms with Crippen molar-refractivity contribution in [1.29, 1.82) is 5.26 Å². The van der Waals surface area contributed by atoms with Crippen LogP contribution in [-0.2, 0) is 6.42 Å². The van der Waals surface area contributed by atoms with Crippen LogP contribution in [0.2, 0.25) is 0 Å². The van der Waals surface area contributed by atoms with Crippen molar-refractivity contribution in [3.63, 3.8) is 0 Å². The van der Waals surface area contributed by atoms with Gasteiger partial charge in [0.05, 0.1) is 12.5 Å². The molecule has 5 heteroatoms. The first kappa shape index (κ1) is 13.4. The minimum absolute atomic E-state index is 0.0682. The van der Waals surface area contributed by atoms with Crippen LogP contribution in [0.1, 0.15) is 12.5 Å². The maximum atomic E-state index is 12.1. The number of benzene rings is 1. The Labute approximate surface area is 113 Å². The van der Waals surface area contributed by atoms with Crippen molar-refractivity contribution in [2.75, 3.05) is 25.0 Å². The molecule has 0 aromatic heterocycles. The summed E-state index contributed by atoms with van der Waals surface area (Å²) in [7, 11) is 0. The number of hydrogen-bond acceptors (Lipinski definition) is 3. The molecule has 5 nitrogen and oxygen atoms in total. The van der Waals surface area contributed by atoms with Crippen molar-refractivity contribution < 1.29 is 4.79 Å². The molecule has 1 aromatic carbocycles. The summed E-state index contributed by atoms with van der Waals surface area (Å²) >= 11 is 0. The first-order valence-electron chi connectivity index (χ1n) is 6.44. The second-order valence-electron chi connectivity index (χ2n) is 4.76. The average Bonchev–Trinajstić information content (AvgIpc) is 2.41. The molecule has 1 saturated heterocycles. The van der Waals surface area contributed by atoms with E-state index in [4.69, 9.17) is 5.26 Å². The molecule has 1 atom stereocenters. The number of nitrogens with zero attached hydrogens (tertiary/aromatic N) is 2. The summed E-state index contributed by atoms with van der Waals surface area (Å²) in [4.78, 5) is 13.9. The number of hydrogen-bond donors (Lipinski definition) is 2. The summed E-state index contributed by atoms with van der Waals surface area (Å²) in [5.74, 6) is 0. The molecule has 0 bridgehead atoms. The van der Waals surface area contributed by atoms with E-state index in [0.29, 0.717) is 12.5 Å². The van der Waals surface area contributed by atoms with Gasteiger partial charge in [0.2, 0.25) is 0 Å². The van der Waals surface area contributed by atoms with E-state index in [9.17, 15) is 4.79 Å². The lowest BCUT2D eigenvalue weighted by Gasteiger charge is -2.31. The van der Waals surface area contributed by atoms with Gasteiger partial charge in [0.1, 0.15) is 0 Å². The molecule has 0 saturated carbocycles. The topological polar surface area (TPSA) is 68.2 Å². The predicted molar refractivity (Wildman–Crippen MR) is 73.8 cm³/mol. The van der Waals surface area contributed by atoms with E-state index in [1.54, 1.807) is 0 Å². The number of nitriles is 1. The van der Waals surface area contributed by atoms with Crippen LogP contribution in [0.5, 0.6) is 0 Å². The lowest BCUT2D eigenvalue weighted by Crippen LogP contribution is -2.52. The summed E-state index contributed by atoms with van der Waals surface area (Å²) in [5, 5.41) is 14.8. The molecular weight excluding hydrogens is 240 g/mol. The molecule has 2 rings (SSSR count). The van der Waals surface area contributed by atoms with E-state index in [-0.39, 0.29) is 6.03 Å². The van der Waals surface area contributed by atoms with E-state index in [1.807, 2.05) is 29.2 Å². The van der Waals surface area contributed by atoms with E-state index < -0.39 is 0 Å². The third-order valence-electron chi connectivity index (χ3n) is 3.14. The van der Waals surface area contributed by atoms with Crippen molar-refractivity contribution in [3.05, 3.63) is 29.8 Å². The summed E-state index contributed by atoms with van der Waals surface area (Å²) in [6.45, 7) is 4.34. The Balaban J connectivity index is 1.93. The number of carbonyl (C=O) groups is 1. The Hall–Kier alpha value is -2.06. The van der Waals surface area contributed by atoms with E-state index in [2.05, 4.69) is 23.6 Å². The predicted octanol–water partition coefficient (Wildman–Crippen LogP) is 1.58. The average molecular weight is 258 g/mol. The van der Waals surface area contributed by atoms with E-state index in [1.165, 1.54) is 0 Å². The highest BCUT2D eigenvalue weighted by molar-refractivity contribution is 5.89. The fourth-order valence-electron chi connectivity index (χ4n) is 2.12. The third kappa shape index (κ3) is 3.70. The van der Waals surface area contributed by atoms with Crippen molar-refractivity contribution in [2.24, 2.45) is 0 Å². The summed E-state index contributed by atoms with van der Waals surface area (Å²) in [6, 6.07) is 9.74. The van der Waals surface area contributed by atoms with E-state index in [0.717, 1.165) is 30.9 Å². The van der Waals surface area contributed by atoms with Gasteiger partial charge in [-0.1, -0.05) is 12.1 Å². The quantitative estimate of drug-likeness (QED) is 0.846. The zero-order valence-electron chi connectivity index (χ0n) is 11.0. The molecule has 1 fully saturated rings. The number of urea groups is 1. The number of carbonyl (C=O) groups excluding carboxylic acids is 1. The third-order valence-corrected chi connectivity index (χ3v) is 3.14. The molecule has 2 N–H and O–H groups in total. The molecule has 1 heterocycles. The number of piperazine rings is 1. The SMILES string of the molecule is CC1CN(C(=O)Nc2ccc(CC#N)cc2)CCN1. The van der Waals surface area contributed by atoms with Crippen molar-refractivity contribution in [2.45, 2.75) is 19.4 Å². The Bertz CT molecular complexity index is 477. The monoisotopic (exact) mass is 258 g/mol. The van der Waals surface area contributed by atoms with Gasteiger partial charge in [0, 0.05) is 31.4 Å². The van der Waals surface area contributed by atoms with Gasteiger partial charge in [-0.15, -0.1) is 0 Å². The van der Waals surface area contributed by atoms with Crippen LogP contribution in [-0.4, -0.2) is 36.6 Å². The Morgan fingerprint density at radius 3 is 2.89 bits per heavy atom. The van der Waals surface area contributed by atoms with Gasteiger partial charge in [-0.05, 0) is 24.6 Å². The van der Waals surface area contributed by atoms with Gasteiger partial charge < -0.3 is 15.5 Å². The highest BCUT2D eigenvalue weighted by atomic mass is 16.2. The fourth-order valence-corrected chi connectivity index (χ4v) is 2.12. The second kappa shape index (κ2) is 6.21. The fraction of sp³-hybridized carbons (Fsp3) is 0.429. The molecule has 0 aliphatic carbocycles. The molecule has 1 aliphatic rings. The van der Waals surface area contributed by atoms with Crippen LogP contribution >= 0.6 is 0 Å². The van der Waals surface area contributed by atoms with Crippen LogP contribution in [0.15, 0.2) is 24.3 Å². The van der Waals surface area contributed by atoms with Gasteiger partial charge >= 0.3 is 6.03 Å². The molecule has 100 valence electrons. The summed E-state index contributed by atoms with van der Waals surface area (Å²) in [6.07, 6.45) is 0.392. The smallest absolute Gasteiger partial charge is 0.321 e. The maximum Gasteiger partial charge on any atom is 0.321 e. The standard InChI is InChI=1S/C14H18N4O/c1-11-10-18(9-8-16-11)14(19)17-13-4-2-12(3-5-13)6-7-15/h2-5,11,16H,6,8-10H2,1H3,(H,17,19). The van der Waals surface area contributed by atoms with Crippen LogP contribution in [0.25, 0.3) is 0 Å². The first-order valence-corrected chi connectivity index (χ1v) is 6.44. The Morgan fingerprint density at radius 1 is 1.53 bits per heavy atom. The largest absolute Gasteiger partial charge is 0.322 e. The van der Waals surface area contributed by atoms with Crippen molar-refractivity contribution >= 4 is 11.7 Å². The zero-order valence-corrected chi connectivity index (χ0v) is 11.0.